The van der Waals surface area contributed by atoms with Gasteiger partial charge in [-0.15, -0.1) is 22.7 Å². The van der Waals surface area contributed by atoms with Gasteiger partial charge in [0, 0.05) is 22.8 Å². The van der Waals surface area contributed by atoms with Crippen molar-refractivity contribution in [3.63, 3.8) is 0 Å². The molecule has 4 N–H and O–H groups in total. The predicted octanol–water partition coefficient (Wildman–Crippen LogP) is 7.31. The molecule has 0 spiro atoms. The van der Waals surface area contributed by atoms with Gasteiger partial charge in [0.1, 0.15) is 28.2 Å². The Morgan fingerprint density at radius 2 is 0.976 bits per heavy atom. The number of nitrogens with zero attached hydrogens (tertiary/aromatic N) is 4. The number of nitrogens with two attached hydrogens (primary N) is 2. The summed E-state index contributed by atoms with van der Waals surface area (Å²) in [6.07, 6.45) is 0. The molecule has 244 valence electrons. The number of rotatable bonds is 8. The molecule has 0 aromatic carbocycles. The maximum atomic E-state index is 14.1. The monoisotopic (exact) mass is 702 g/mol. The topological polar surface area (TPSA) is 117 Å². The van der Waals surface area contributed by atoms with Crippen LogP contribution in [0.25, 0.3) is 0 Å². The van der Waals surface area contributed by atoms with Gasteiger partial charge in [-0.3, -0.25) is 8.06 Å². The van der Waals surface area contributed by atoms with Crippen LogP contribution in [0.5, 0.6) is 0 Å². The molecule has 8 nitrogen and oxygen atoms in total. The summed E-state index contributed by atoms with van der Waals surface area (Å²) in [7, 11) is -3.20. The fourth-order valence-electron chi connectivity index (χ4n) is 3.01. The minimum absolute atomic E-state index is 0.0733. The van der Waals surface area contributed by atoms with Gasteiger partial charge < -0.3 is 9.80 Å². The zero-order valence-electron chi connectivity index (χ0n) is 27.7. The van der Waals surface area contributed by atoms with Crippen LogP contribution >= 0.6 is 22.7 Å². The molecule has 2 aromatic rings. The standard InChI is InChI=1S/2C13H26FN3OS2Si/c2*1-13(2,3)21(6,7)16-20(15,18)12-11(14)8-10(19-12)9-17(4)5/h2*8H,9H2,1-7H3,(H2,15,16,18). The summed E-state index contributed by atoms with van der Waals surface area (Å²) in [6.45, 7) is 21.5. The molecule has 0 aliphatic heterocycles. The van der Waals surface area contributed by atoms with Crippen LogP contribution in [-0.4, -0.2) is 62.9 Å². The molecule has 2 unspecified atom stereocenters. The molecule has 2 heterocycles. The molecule has 0 fully saturated rings. The lowest BCUT2D eigenvalue weighted by Crippen LogP contribution is -2.37. The van der Waals surface area contributed by atoms with Crippen LogP contribution in [0.15, 0.2) is 28.6 Å². The maximum Gasteiger partial charge on any atom is 0.195 e. The van der Waals surface area contributed by atoms with Gasteiger partial charge >= 0.3 is 0 Å². The second-order valence-electron chi connectivity index (χ2n) is 14.1. The van der Waals surface area contributed by atoms with E-state index in [1.54, 1.807) is 0 Å². The van der Waals surface area contributed by atoms with Crippen molar-refractivity contribution in [2.24, 2.45) is 18.3 Å². The Balaban J connectivity index is 0.000000420. The molecule has 2 atom stereocenters. The van der Waals surface area contributed by atoms with Crippen LogP contribution in [0, 0.1) is 11.6 Å². The fourth-order valence-corrected chi connectivity index (χ4v) is 16.0. The smallest absolute Gasteiger partial charge is 0.195 e. The minimum atomic E-state index is -3.19. The quantitative estimate of drug-likeness (QED) is 0.281. The Labute approximate surface area is 264 Å². The Bertz CT molecular complexity index is 1360. The van der Waals surface area contributed by atoms with Gasteiger partial charge in [-0.05, 0) is 76.6 Å². The van der Waals surface area contributed by atoms with E-state index in [9.17, 15) is 17.2 Å². The highest BCUT2D eigenvalue weighted by Gasteiger charge is 2.39. The highest BCUT2D eigenvalue weighted by Crippen LogP contribution is 2.40. The van der Waals surface area contributed by atoms with E-state index in [1.165, 1.54) is 12.1 Å². The van der Waals surface area contributed by atoms with Crippen LogP contribution in [-0.2, 0) is 32.9 Å². The zero-order chi connectivity index (χ0) is 33.3. The lowest BCUT2D eigenvalue weighted by molar-refractivity contribution is 0.406. The van der Waals surface area contributed by atoms with E-state index in [0.29, 0.717) is 13.1 Å². The summed E-state index contributed by atoms with van der Waals surface area (Å²) < 4.78 is 62.8. The van der Waals surface area contributed by atoms with Gasteiger partial charge in [0.2, 0.25) is 0 Å². The molecule has 0 aliphatic rings. The Kier molecular flexibility index (Phi) is 13.0. The summed E-state index contributed by atoms with van der Waals surface area (Å²) in [5.74, 6) is -1.02. The molecular weight excluding hydrogens is 651 g/mol. The third-order valence-electron chi connectivity index (χ3n) is 7.29. The lowest BCUT2D eigenvalue weighted by atomic mass is 10.2. The highest BCUT2D eigenvalue weighted by atomic mass is 32.2. The van der Waals surface area contributed by atoms with E-state index in [0.717, 1.165) is 32.4 Å². The second kappa shape index (κ2) is 13.8. The molecule has 16 heteroatoms. The number of hydrogen-bond donors (Lipinski definition) is 2. The summed E-state index contributed by atoms with van der Waals surface area (Å²) >= 11 is 2.31. The minimum Gasteiger partial charge on any atom is -0.304 e. The molecule has 0 aliphatic carbocycles. The van der Waals surface area contributed by atoms with Crippen molar-refractivity contribution in [2.75, 3.05) is 28.2 Å². The van der Waals surface area contributed by atoms with Gasteiger partial charge in [-0.25, -0.2) is 27.5 Å². The van der Waals surface area contributed by atoms with E-state index in [4.69, 9.17) is 10.3 Å². The SMILES string of the molecule is CN(C)Cc1cc(F)c(S(N)(=O)=N[Si](C)(C)C(C)(C)C)s1.CN(C)Cc1cc(F)c(S(N)(=O)=N[Si](C)(C)C(C)(C)C)s1. The predicted molar refractivity (Wildman–Crippen MR) is 184 cm³/mol. The van der Waals surface area contributed by atoms with E-state index in [-0.39, 0.29) is 18.5 Å². The van der Waals surface area contributed by atoms with Crippen LogP contribution < -0.4 is 10.3 Å². The molecule has 2 rings (SSSR count). The van der Waals surface area contributed by atoms with E-state index >= 15 is 0 Å². The lowest BCUT2D eigenvalue weighted by Gasteiger charge is -2.32. The van der Waals surface area contributed by atoms with Crippen molar-refractivity contribution in [1.82, 2.24) is 9.80 Å². The largest absolute Gasteiger partial charge is 0.304 e. The molecule has 0 amide bonds. The molecule has 0 radical (unpaired) electrons. The first-order valence-corrected chi connectivity index (χ1v) is 24.2. The van der Waals surface area contributed by atoms with Crippen molar-refractivity contribution in [2.45, 2.75) is 99.3 Å². The van der Waals surface area contributed by atoms with Crippen molar-refractivity contribution in [3.8, 4) is 0 Å². The average molecular weight is 703 g/mol. The van der Waals surface area contributed by atoms with Crippen molar-refractivity contribution in [1.29, 1.82) is 0 Å². The van der Waals surface area contributed by atoms with Crippen molar-refractivity contribution >= 4 is 59.0 Å². The summed E-state index contributed by atoms with van der Waals surface area (Å²) in [4.78, 5) is 5.46. The number of halogens is 2. The van der Waals surface area contributed by atoms with Crippen molar-refractivity contribution in [3.05, 3.63) is 33.5 Å². The van der Waals surface area contributed by atoms with Gasteiger partial charge in [0.15, 0.2) is 28.1 Å². The first kappa shape index (κ1) is 39.5. The zero-order valence-corrected chi connectivity index (χ0v) is 33.0. The summed E-state index contributed by atoms with van der Waals surface area (Å²) in [6, 6.07) is 2.82. The van der Waals surface area contributed by atoms with Gasteiger partial charge in [0.05, 0.1) is 0 Å². The van der Waals surface area contributed by atoms with Crippen LogP contribution in [0.3, 0.4) is 0 Å². The molecule has 0 saturated carbocycles. The van der Waals surface area contributed by atoms with Gasteiger partial charge in [-0.1, -0.05) is 41.5 Å². The molecule has 0 bridgehead atoms. The molecule has 0 saturated heterocycles. The molecule has 42 heavy (non-hydrogen) atoms. The van der Waals surface area contributed by atoms with Crippen LogP contribution in [0.1, 0.15) is 51.3 Å². The van der Waals surface area contributed by atoms with E-state index < -0.39 is 47.9 Å². The van der Waals surface area contributed by atoms with E-state index in [2.05, 4.69) is 49.6 Å². The first-order chi connectivity index (χ1) is 18.5. The molecule has 2 aromatic heterocycles. The third kappa shape index (κ3) is 10.8. The van der Waals surface area contributed by atoms with E-state index in [1.807, 2.05) is 64.2 Å². The van der Waals surface area contributed by atoms with Crippen LogP contribution in [0.4, 0.5) is 8.78 Å². The Morgan fingerprint density at radius 1 is 0.714 bits per heavy atom. The van der Waals surface area contributed by atoms with Crippen LogP contribution in [0.2, 0.25) is 36.3 Å². The fraction of sp³-hybridized carbons (Fsp3) is 0.692. The van der Waals surface area contributed by atoms with Gasteiger partial charge in [0.25, 0.3) is 0 Å². The summed E-state index contributed by atoms with van der Waals surface area (Å²) in [5.41, 5.74) is 0. The Hall–Kier alpha value is -0.566. The normalized spacial score (nSPS) is 16.1. The average Bonchev–Trinajstić information content (AvgIpc) is 3.27. The number of thiophene rings is 2. The second-order valence-corrected chi connectivity index (χ2v) is 30.7. The summed E-state index contributed by atoms with van der Waals surface area (Å²) in [5, 5.41) is 11.7. The first-order valence-electron chi connectivity index (χ1n) is 13.5. The maximum absolute atomic E-state index is 14.1. The third-order valence-corrected chi connectivity index (χ3v) is 25.6. The molecular formula is C26H52F2N6O2S4Si2. The van der Waals surface area contributed by atoms with Crippen molar-refractivity contribution < 1.29 is 17.2 Å². The van der Waals surface area contributed by atoms with Gasteiger partial charge in [-0.2, -0.15) is 0 Å². The number of hydrogen-bond acceptors (Lipinski definition) is 8. The Morgan fingerprint density at radius 3 is 1.19 bits per heavy atom. The highest BCUT2D eigenvalue weighted by molar-refractivity contribution is 7.94.